The summed E-state index contributed by atoms with van der Waals surface area (Å²) in [5, 5.41) is 5.20. The molecule has 1 N–H and O–H groups in total. The van der Waals surface area contributed by atoms with Crippen LogP contribution < -0.4 is 10.2 Å². The number of aromatic nitrogens is 1. The lowest BCUT2D eigenvalue weighted by atomic mass is 9.96. The van der Waals surface area contributed by atoms with Gasteiger partial charge in [-0.3, -0.25) is 9.59 Å². The Bertz CT molecular complexity index is 864. The first-order chi connectivity index (χ1) is 12.1. The van der Waals surface area contributed by atoms with Crippen LogP contribution in [0.3, 0.4) is 0 Å². The molecule has 26 heavy (non-hydrogen) atoms. The van der Waals surface area contributed by atoms with Crippen LogP contribution in [-0.2, 0) is 22.4 Å². The van der Waals surface area contributed by atoms with Crippen LogP contribution in [0.4, 0.5) is 10.8 Å². The number of benzene rings is 1. The van der Waals surface area contributed by atoms with Gasteiger partial charge in [0.2, 0.25) is 11.8 Å². The molecule has 6 heteroatoms. The normalized spacial score (nSPS) is 13.7. The molecule has 0 saturated carbocycles. The maximum absolute atomic E-state index is 12.8. The van der Waals surface area contributed by atoms with Gasteiger partial charge in [0.05, 0.1) is 12.1 Å². The average molecular weight is 372 g/mol. The van der Waals surface area contributed by atoms with Crippen molar-refractivity contribution in [1.82, 2.24) is 4.98 Å². The minimum Gasteiger partial charge on any atom is -0.311 e. The molecule has 1 aromatic carbocycles. The fourth-order valence-electron chi connectivity index (χ4n) is 3.12. The van der Waals surface area contributed by atoms with Crippen LogP contribution in [0.1, 0.15) is 43.2 Å². The predicted molar refractivity (Wildman–Crippen MR) is 106 cm³/mol. The molecular weight excluding hydrogens is 346 g/mol. The Morgan fingerprint density at radius 3 is 2.69 bits per heavy atom. The fraction of sp³-hybridized carbons (Fsp3) is 0.450. The minimum absolute atomic E-state index is 0.0488. The number of hydrogen-bond acceptors (Lipinski definition) is 4. The van der Waals surface area contributed by atoms with E-state index in [9.17, 15) is 9.59 Å². The Kier molecular flexibility index (Phi) is 4.88. The molecule has 0 bridgehead atoms. The second-order valence-electron chi connectivity index (χ2n) is 7.90. The summed E-state index contributed by atoms with van der Waals surface area (Å²) in [6, 6.07) is 4.25. The number of carbonyl (C=O) groups excluding carboxylic acids is 2. The van der Waals surface area contributed by atoms with E-state index < -0.39 is 5.41 Å². The van der Waals surface area contributed by atoms with Crippen molar-refractivity contribution in [3.8, 4) is 0 Å². The summed E-state index contributed by atoms with van der Waals surface area (Å²) >= 11 is 1.36. The van der Waals surface area contributed by atoms with Crippen LogP contribution in [0.2, 0.25) is 0 Å². The summed E-state index contributed by atoms with van der Waals surface area (Å²) in [5.41, 5.74) is 4.93. The molecule has 0 radical (unpaired) electrons. The lowest BCUT2D eigenvalue weighted by molar-refractivity contribution is -0.123. The van der Waals surface area contributed by atoms with Crippen LogP contribution in [-0.4, -0.2) is 23.3 Å². The highest BCUT2D eigenvalue weighted by Gasteiger charge is 2.27. The standard InChI is InChI=1S/C20H25N3O2S/c1-12-8-13(2)15-6-7-23(16(15)9-12)17(24)10-14-11-26-19(21-14)22-18(25)20(3,4)5/h8-9,11H,6-7,10H2,1-5H3,(H,21,22,25). The van der Waals surface area contributed by atoms with Crippen molar-refractivity contribution < 1.29 is 9.59 Å². The number of nitrogens with one attached hydrogen (secondary N) is 1. The molecule has 0 atom stereocenters. The van der Waals surface area contributed by atoms with Crippen molar-refractivity contribution in [2.75, 3.05) is 16.8 Å². The molecule has 1 aromatic heterocycles. The van der Waals surface area contributed by atoms with Gasteiger partial charge in [-0.15, -0.1) is 11.3 Å². The number of hydrogen-bond donors (Lipinski definition) is 1. The van der Waals surface area contributed by atoms with Crippen molar-refractivity contribution in [1.29, 1.82) is 0 Å². The second-order valence-corrected chi connectivity index (χ2v) is 8.76. The summed E-state index contributed by atoms with van der Waals surface area (Å²) in [5.74, 6) is -0.0307. The number of fused-ring (bicyclic) bond motifs is 1. The topological polar surface area (TPSA) is 62.3 Å². The summed E-state index contributed by atoms with van der Waals surface area (Å²) in [6.07, 6.45) is 1.14. The number of carbonyl (C=O) groups is 2. The SMILES string of the molecule is Cc1cc(C)c2c(c1)N(C(=O)Cc1csc(NC(=O)C(C)(C)C)n1)CC2. The summed E-state index contributed by atoms with van der Waals surface area (Å²) < 4.78 is 0. The first-order valence-corrected chi connectivity index (χ1v) is 9.69. The van der Waals surface area contributed by atoms with E-state index in [-0.39, 0.29) is 18.2 Å². The molecule has 0 spiro atoms. The lowest BCUT2D eigenvalue weighted by Crippen LogP contribution is -2.30. The van der Waals surface area contributed by atoms with Gasteiger partial charge in [-0.1, -0.05) is 26.8 Å². The molecule has 138 valence electrons. The molecule has 0 unspecified atom stereocenters. The number of aryl methyl sites for hydroxylation is 2. The van der Waals surface area contributed by atoms with Gasteiger partial charge in [0.1, 0.15) is 0 Å². The van der Waals surface area contributed by atoms with Crippen molar-refractivity contribution in [2.24, 2.45) is 5.41 Å². The molecule has 5 nitrogen and oxygen atoms in total. The molecule has 2 amide bonds. The van der Waals surface area contributed by atoms with E-state index in [1.807, 2.05) is 31.1 Å². The maximum Gasteiger partial charge on any atom is 0.233 e. The zero-order valence-electron chi connectivity index (χ0n) is 16.0. The van der Waals surface area contributed by atoms with E-state index in [1.165, 1.54) is 28.0 Å². The Hall–Kier alpha value is -2.21. The maximum atomic E-state index is 12.8. The van der Waals surface area contributed by atoms with E-state index in [2.05, 4.69) is 36.3 Å². The third-order valence-corrected chi connectivity index (χ3v) is 5.36. The minimum atomic E-state index is -0.476. The predicted octanol–water partition coefficient (Wildman–Crippen LogP) is 3.88. The van der Waals surface area contributed by atoms with Crippen LogP contribution in [0.25, 0.3) is 0 Å². The molecule has 3 rings (SSSR count). The van der Waals surface area contributed by atoms with Gasteiger partial charge in [-0.05, 0) is 43.0 Å². The zero-order chi connectivity index (χ0) is 19.1. The van der Waals surface area contributed by atoms with Crippen LogP contribution in [0, 0.1) is 19.3 Å². The van der Waals surface area contributed by atoms with Crippen molar-refractivity contribution in [3.05, 3.63) is 39.9 Å². The molecule has 1 aliphatic heterocycles. The molecule has 0 saturated heterocycles. The number of thiazole rings is 1. The van der Waals surface area contributed by atoms with E-state index >= 15 is 0 Å². The molecule has 2 aromatic rings. The third-order valence-electron chi connectivity index (χ3n) is 4.56. The number of amides is 2. The van der Waals surface area contributed by atoms with Crippen LogP contribution >= 0.6 is 11.3 Å². The van der Waals surface area contributed by atoms with E-state index in [4.69, 9.17) is 0 Å². The summed E-state index contributed by atoms with van der Waals surface area (Å²) in [6.45, 7) is 10.4. The van der Waals surface area contributed by atoms with Crippen molar-refractivity contribution >= 4 is 34.0 Å². The number of nitrogens with zero attached hydrogens (tertiary/aromatic N) is 2. The Labute approximate surface area is 158 Å². The highest BCUT2D eigenvalue weighted by Crippen LogP contribution is 2.32. The van der Waals surface area contributed by atoms with Gasteiger partial charge in [0.15, 0.2) is 5.13 Å². The second kappa shape index (κ2) is 6.83. The summed E-state index contributed by atoms with van der Waals surface area (Å²) in [7, 11) is 0. The molecule has 2 heterocycles. The highest BCUT2D eigenvalue weighted by molar-refractivity contribution is 7.13. The quantitative estimate of drug-likeness (QED) is 0.891. The Balaban J connectivity index is 1.70. The summed E-state index contributed by atoms with van der Waals surface area (Å²) in [4.78, 5) is 31.1. The van der Waals surface area contributed by atoms with Gasteiger partial charge in [-0.2, -0.15) is 0 Å². The lowest BCUT2D eigenvalue weighted by Gasteiger charge is -2.18. The molecule has 0 aliphatic carbocycles. The van der Waals surface area contributed by atoms with Crippen LogP contribution in [0.5, 0.6) is 0 Å². The number of rotatable bonds is 3. The average Bonchev–Trinajstić information content (AvgIpc) is 3.13. The first kappa shape index (κ1) is 18.6. The van der Waals surface area contributed by atoms with Gasteiger partial charge in [-0.25, -0.2) is 4.98 Å². The zero-order valence-corrected chi connectivity index (χ0v) is 16.8. The first-order valence-electron chi connectivity index (χ1n) is 8.81. The molecular formula is C20H25N3O2S. The Morgan fingerprint density at radius 1 is 1.27 bits per heavy atom. The van der Waals surface area contributed by atoms with Crippen molar-refractivity contribution in [3.63, 3.8) is 0 Å². The van der Waals surface area contributed by atoms with Gasteiger partial charge in [0, 0.05) is 23.0 Å². The van der Waals surface area contributed by atoms with E-state index in [1.54, 1.807) is 0 Å². The van der Waals surface area contributed by atoms with E-state index in [0.29, 0.717) is 10.8 Å². The van der Waals surface area contributed by atoms with Crippen LogP contribution in [0.15, 0.2) is 17.5 Å². The monoisotopic (exact) mass is 371 g/mol. The van der Waals surface area contributed by atoms with Crippen molar-refractivity contribution in [2.45, 2.75) is 47.5 Å². The highest BCUT2D eigenvalue weighted by atomic mass is 32.1. The largest absolute Gasteiger partial charge is 0.311 e. The molecule has 0 fully saturated rings. The third kappa shape index (κ3) is 3.80. The van der Waals surface area contributed by atoms with E-state index in [0.717, 1.165) is 18.7 Å². The van der Waals surface area contributed by atoms with Gasteiger partial charge < -0.3 is 10.2 Å². The molecule has 1 aliphatic rings. The van der Waals surface area contributed by atoms with Gasteiger partial charge >= 0.3 is 0 Å². The number of anilines is 2. The smallest absolute Gasteiger partial charge is 0.233 e. The van der Waals surface area contributed by atoms with Gasteiger partial charge in [0.25, 0.3) is 0 Å². The fourth-order valence-corrected chi connectivity index (χ4v) is 3.83. The Morgan fingerprint density at radius 2 is 2.00 bits per heavy atom.